The van der Waals surface area contributed by atoms with Gasteiger partial charge in [0.25, 0.3) is 5.91 Å². The van der Waals surface area contributed by atoms with E-state index in [9.17, 15) is 4.79 Å². The van der Waals surface area contributed by atoms with Crippen LogP contribution in [0.4, 0.5) is 0 Å². The van der Waals surface area contributed by atoms with Crippen LogP contribution >= 0.6 is 0 Å². The number of tetrazole rings is 1. The summed E-state index contributed by atoms with van der Waals surface area (Å²) in [4.78, 5) is 22.7. The van der Waals surface area contributed by atoms with E-state index in [1.165, 1.54) is 4.80 Å². The third-order valence-corrected chi connectivity index (χ3v) is 4.59. The van der Waals surface area contributed by atoms with Crippen LogP contribution in [0.1, 0.15) is 21.9 Å². The summed E-state index contributed by atoms with van der Waals surface area (Å²) < 4.78 is 16.2. The maximum absolute atomic E-state index is 12.7. The Morgan fingerprint density at radius 1 is 1.29 bits per heavy atom. The van der Waals surface area contributed by atoms with Crippen LogP contribution in [0.3, 0.4) is 0 Å². The first-order valence-electron chi connectivity index (χ1n) is 9.85. The van der Waals surface area contributed by atoms with Gasteiger partial charge in [-0.25, -0.2) is 9.97 Å². The molecule has 162 valence electrons. The van der Waals surface area contributed by atoms with Crippen LogP contribution < -0.4 is 10.1 Å². The molecule has 0 saturated carbocycles. The van der Waals surface area contributed by atoms with Crippen LogP contribution in [-0.2, 0) is 22.6 Å². The van der Waals surface area contributed by atoms with Gasteiger partial charge in [-0.1, -0.05) is 12.1 Å². The number of nitrogens with one attached hydrogen (secondary N) is 1. The predicted molar refractivity (Wildman–Crippen MR) is 108 cm³/mol. The third kappa shape index (κ3) is 5.38. The zero-order valence-electron chi connectivity index (χ0n) is 17.3. The van der Waals surface area contributed by atoms with Gasteiger partial charge >= 0.3 is 0 Å². The highest BCUT2D eigenvalue weighted by molar-refractivity contribution is 5.93. The van der Waals surface area contributed by atoms with Crippen molar-refractivity contribution in [2.45, 2.75) is 26.1 Å². The lowest BCUT2D eigenvalue weighted by Gasteiger charge is -2.21. The number of carbonyl (C=O) groups is 1. The van der Waals surface area contributed by atoms with E-state index in [4.69, 9.17) is 14.2 Å². The summed E-state index contributed by atoms with van der Waals surface area (Å²) in [7, 11) is 1.60. The minimum Gasteiger partial charge on any atom is -0.497 e. The van der Waals surface area contributed by atoms with Crippen molar-refractivity contribution in [2.24, 2.45) is 0 Å². The van der Waals surface area contributed by atoms with Crippen molar-refractivity contribution in [1.82, 2.24) is 35.5 Å². The Labute approximate surface area is 178 Å². The van der Waals surface area contributed by atoms with Gasteiger partial charge in [-0.15, -0.1) is 10.2 Å². The molecule has 3 heterocycles. The summed E-state index contributed by atoms with van der Waals surface area (Å²) in [6.45, 7) is 4.10. The Morgan fingerprint density at radius 3 is 3.00 bits per heavy atom. The van der Waals surface area contributed by atoms with E-state index >= 15 is 0 Å². The fourth-order valence-corrected chi connectivity index (χ4v) is 3.10. The van der Waals surface area contributed by atoms with Crippen molar-refractivity contribution in [3.05, 3.63) is 47.4 Å². The third-order valence-electron chi connectivity index (χ3n) is 4.59. The van der Waals surface area contributed by atoms with Crippen molar-refractivity contribution < 1.29 is 19.0 Å². The molecule has 0 aliphatic carbocycles. The number of hydrogen-bond acceptors (Lipinski definition) is 9. The van der Waals surface area contributed by atoms with Gasteiger partial charge < -0.3 is 19.5 Å². The average molecular weight is 425 g/mol. The number of aromatic nitrogens is 6. The number of benzene rings is 1. The van der Waals surface area contributed by atoms with Crippen LogP contribution in [0.2, 0.25) is 0 Å². The topological polar surface area (TPSA) is 126 Å². The van der Waals surface area contributed by atoms with Crippen LogP contribution in [0, 0.1) is 6.92 Å². The maximum atomic E-state index is 12.7. The molecule has 0 spiro atoms. The monoisotopic (exact) mass is 425 g/mol. The number of aryl methyl sites for hydroxylation is 1. The molecule has 1 atom stereocenters. The summed E-state index contributed by atoms with van der Waals surface area (Å²) in [6.07, 6.45) is -0.124. The van der Waals surface area contributed by atoms with Crippen molar-refractivity contribution in [3.8, 4) is 17.3 Å². The molecule has 0 bridgehead atoms. The molecule has 1 N–H and O–H groups in total. The molecule has 11 nitrogen and oxygen atoms in total. The number of nitrogens with zero attached hydrogens (tertiary/aromatic N) is 6. The standard InChI is InChI=1S/C20H23N7O4/c1-13-22-17(19-24-26-27(25-19)11-16-12-30-6-7-31-16)9-18(23-13)20(28)21-10-14-4-3-5-15(8-14)29-2/h3-5,8-9,16H,6-7,10-12H2,1-2H3,(H,21,28)/t16-/m1/s1. The highest BCUT2D eigenvalue weighted by Gasteiger charge is 2.18. The number of amides is 1. The first kappa shape index (κ1) is 20.8. The first-order valence-corrected chi connectivity index (χ1v) is 9.85. The van der Waals surface area contributed by atoms with E-state index < -0.39 is 0 Å². The number of carbonyl (C=O) groups excluding carboxylic acids is 1. The summed E-state index contributed by atoms with van der Waals surface area (Å²) in [6, 6.07) is 9.03. The van der Waals surface area contributed by atoms with Gasteiger partial charge in [0, 0.05) is 6.54 Å². The smallest absolute Gasteiger partial charge is 0.270 e. The van der Waals surface area contributed by atoms with Gasteiger partial charge in [-0.2, -0.15) is 4.80 Å². The number of methoxy groups -OCH3 is 1. The molecule has 4 rings (SSSR count). The second-order valence-electron chi connectivity index (χ2n) is 6.96. The largest absolute Gasteiger partial charge is 0.497 e. The molecular weight excluding hydrogens is 402 g/mol. The molecule has 1 aromatic carbocycles. The van der Waals surface area contributed by atoms with Gasteiger partial charge in [0.1, 0.15) is 29.1 Å². The Bertz CT molecular complexity index is 1050. The molecule has 11 heteroatoms. The van der Waals surface area contributed by atoms with Crippen molar-refractivity contribution in [2.75, 3.05) is 26.9 Å². The zero-order chi connectivity index (χ0) is 21.6. The summed E-state index contributed by atoms with van der Waals surface area (Å²) in [5, 5.41) is 15.3. The molecule has 0 unspecified atom stereocenters. The lowest BCUT2D eigenvalue weighted by atomic mass is 10.2. The number of ether oxygens (including phenoxy) is 3. The van der Waals surface area contributed by atoms with Crippen molar-refractivity contribution in [3.63, 3.8) is 0 Å². The Morgan fingerprint density at radius 2 is 2.19 bits per heavy atom. The lowest BCUT2D eigenvalue weighted by Crippen LogP contribution is -2.33. The summed E-state index contributed by atoms with van der Waals surface area (Å²) in [5.74, 6) is 1.15. The minimum absolute atomic E-state index is 0.124. The van der Waals surface area contributed by atoms with Crippen molar-refractivity contribution in [1.29, 1.82) is 0 Å². The first-order chi connectivity index (χ1) is 15.1. The molecule has 1 fully saturated rings. The fraction of sp³-hybridized carbons (Fsp3) is 0.400. The summed E-state index contributed by atoms with van der Waals surface area (Å²) in [5.41, 5.74) is 1.56. The van der Waals surface area contributed by atoms with Crippen LogP contribution in [-0.4, -0.2) is 69.1 Å². The molecule has 1 aliphatic rings. The molecule has 3 aromatic rings. The highest BCUT2D eigenvalue weighted by Crippen LogP contribution is 2.14. The second kappa shape index (κ2) is 9.58. The molecule has 2 aromatic heterocycles. The van der Waals surface area contributed by atoms with Gasteiger partial charge in [-0.05, 0) is 35.9 Å². The molecule has 1 saturated heterocycles. The van der Waals surface area contributed by atoms with E-state index in [0.29, 0.717) is 50.3 Å². The highest BCUT2D eigenvalue weighted by atomic mass is 16.6. The number of rotatable bonds is 7. The molecule has 1 amide bonds. The average Bonchev–Trinajstić information content (AvgIpc) is 3.26. The predicted octanol–water partition coefficient (Wildman–Crippen LogP) is 0.793. The quantitative estimate of drug-likeness (QED) is 0.584. The normalized spacial score (nSPS) is 16.1. The van der Waals surface area contributed by atoms with Gasteiger partial charge in [-0.3, -0.25) is 4.79 Å². The number of hydrogen-bond donors (Lipinski definition) is 1. The van der Waals surface area contributed by atoms with Gasteiger partial charge in [0.05, 0.1) is 33.5 Å². The Balaban J connectivity index is 1.44. The molecular formula is C20H23N7O4. The zero-order valence-corrected chi connectivity index (χ0v) is 17.3. The van der Waals surface area contributed by atoms with Gasteiger partial charge in [0.15, 0.2) is 0 Å². The maximum Gasteiger partial charge on any atom is 0.270 e. The van der Waals surface area contributed by atoms with Crippen LogP contribution in [0.15, 0.2) is 30.3 Å². The fourth-order valence-electron chi connectivity index (χ4n) is 3.10. The Kier molecular flexibility index (Phi) is 6.43. The second-order valence-corrected chi connectivity index (χ2v) is 6.96. The van der Waals surface area contributed by atoms with E-state index in [2.05, 4.69) is 30.7 Å². The van der Waals surface area contributed by atoms with E-state index in [0.717, 1.165) is 11.3 Å². The molecule has 31 heavy (non-hydrogen) atoms. The van der Waals surface area contributed by atoms with E-state index in [-0.39, 0.29) is 17.7 Å². The van der Waals surface area contributed by atoms with E-state index in [1.54, 1.807) is 20.1 Å². The Hall–Kier alpha value is -3.44. The molecule has 0 radical (unpaired) electrons. The van der Waals surface area contributed by atoms with Crippen molar-refractivity contribution >= 4 is 5.91 Å². The van der Waals surface area contributed by atoms with E-state index in [1.807, 2.05) is 24.3 Å². The van der Waals surface area contributed by atoms with Gasteiger partial charge in [0.2, 0.25) is 5.82 Å². The minimum atomic E-state index is -0.324. The van der Waals surface area contributed by atoms with Crippen LogP contribution in [0.5, 0.6) is 5.75 Å². The van der Waals surface area contributed by atoms with Crippen LogP contribution in [0.25, 0.3) is 11.5 Å². The SMILES string of the molecule is COc1cccc(CNC(=O)c2cc(-c3nnn(C[C@@H]4COCCO4)n3)nc(C)n2)c1. The molecule has 1 aliphatic heterocycles. The summed E-state index contributed by atoms with van der Waals surface area (Å²) >= 11 is 0. The lowest BCUT2D eigenvalue weighted by molar-refractivity contribution is -0.0959.